The summed E-state index contributed by atoms with van der Waals surface area (Å²) in [6.07, 6.45) is 1.22. The van der Waals surface area contributed by atoms with Gasteiger partial charge in [-0.15, -0.1) is 4.85 Å². The molecule has 2 N–H and O–H groups in total. The molecule has 0 unspecified atom stereocenters. The minimum atomic E-state index is 0.246. The average molecular weight is 185 g/mol. The van der Waals surface area contributed by atoms with E-state index in [1.165, 1.54) is 6.20 Å². The molecule has 1 aromatic rings. The third-order valence-electron chi connectivity index (χ3n) is 1.58. The van der Waals surface area contributed by atoms with Crippen LogP contribution in [0.3, 0.4) is 0 Å². The largest absolute Gasteiger partial charge is 0.756 e. The number of aromatic nitrogens is 2. The molecule has 0 aromatic carbocycles. The summed E-state index contributed by atoms with van der Waals surface area (Å²) in [5.74, 6) is 0.277. The van der Waals surface area contributed by atoms with Gasteiger partial charge >= 0.3 is 0 Å². The van der Waals surface area contributed by atoms with Crippen LogP contribution in [0.2, 0.25) is 0 Å². The lowest BCUT2D eigenvalue weighted by atomic mass is 10.5. The van der Waals surface area contributed by atoms with Crippen molar-refractivity contribution >= 4 is 11.5 Å². The summed E-state index contributed by atoms with van der Waals surface area (Å²) >= 11 is 0. The number of anilines is 2. The van der Waals surface area contributed by atoms with Crippen molar-refractivity contribution in [1.29, 1.82) is 0 Å². The number of rotatable bonds is 4. The Hall–Kier alpha value is -1.59. The zero-order valence-corrected chi connectivity index (χ0v) is 7.70. The van der Waals surface area contributed by atoms with Crippen molar-refractivity contribution in [1.82, 2.24) is 4.85 Å². The van der Waals surface area contributed by atoms with Gasteiger partial charge in [-0.3, -0.25) is 0 Å². The van der Waals surface area contributed by atoms with Crippen LogP contribution >= 0.6 is 0 Å². The molecule has 0 spiro atoms. The summed E-state index contributed by atoms with van der Waals surface area (Å²) < 4.78 is 0. The van der Waals surface area contributed by atoms with E-state index in [2.05, 4.69) is 10.6 Å². The maximum absolute atomic E-state index is 11.1. The van der Waals surface area contributed by atoms with Crippen molar-refractivity contribution < 1.29 is 4.85 Å². The van der Waals surface area contributed by atoms with Gasteiger partial charge < -0.3 is 21.0 Å². The molecule has 13 heavy (non-hydrogen) atoms. The molecular weight excluding hydrogens is 172 g/mol. The van der Waals surface area contributed by atoms with Crippen molar-refractivity contribution in [2.45, 2.75) is 13.8 Å². The van der Waals surface area contributed by atoms with E-state index < -0.39 is 0 Å². The Morgan fingerprint density at radius 2 is 2.00 bits per heavy atom. The van der Waals surface area contributed by atoms with Crippen molar-refractivity contribution in [3.63, 3.8) is 0 Å². The second-order valence-electron chi connectivity index (χ2n) is 2.53. The maximum Gasteiger partial charge on any atom is 0.234 e. The summed E-state index contributed by atoms with van der Waals surface area (Å²) in [5.41, 5.74) is 0.536. The first kappa shape index (κ1) is 9.50. The van der Waals surface area contributed by atoms with Crippen LogP contribution in [0.1, 0.15) is 13.8 Å². The molecule has 0 fully saturated rings. The van der Waals surface area contributed by atoms with E-state index in [-0.39, 0.29) is 15.5 Å². The Morgan fingerprint density at radius 1 is 1.38 bits per heavy atom. The first-order valence-electron chi connectivity index (χ1n) is 4.21. The summed E-state index contributed by atoms with van der Waals surface area (Å²) in [5, 5.41) is 27.8. The molecule has 0 saturated heterocycles. The zero-order valence-electron chi connectivity index (χ0n) is 7.70. The first-order valence-corrected chi connectivity index (χ1v) is 4.21. The van der Waals surface area contributed by atoms with Gasteiger partial charge in [0.25, 0.3) is 0 Å². The van der Waals surface area contributed by atoms with Gasteiger partial charge in [0.05, 0.1) is 0 Å². The normalized spacial score (nSPS) is 10.0. The smallest absolute Gasteiger partial charge is 0.234 e. The number of nitrogens with one attached hydrogen (secondary N) is 2. The van der Waals surface area contributed by atoms with E-state index in [9.17, 15) is 10.4 Å². The standard InChI is InChI=1S/C7H13N4O2/c1-3-8-6-5-10(12)11(13)7(6)9-4-2/h5,8-9H,3-4H2,1-2H3/q-1. The van der Waals surface area contributed by atoms with Crippen LogP contribution in [0, 0.1) is 10.4 Å². The molecular formula is C7H13N4O2-. The molecule has 0 amide bonds. The fraction of sp³-hybridized carbons (Fsp3) is 0.571. The van der Waals surface area contributed by atoms with Crippen molar-refractivity contribution in [3.05, 3.63) is 16.6 Å². The Balaban J connectivity index is 2.96. The lowest BCUT2D eigenvalue weighted by molar-refractivity contribution is -0.683. The molecule has 0 radical (unpaired) electrons. The Kier molecular flexibility index (Phi) is 2.84. The van der Waals surface area contributed by atoms with Crippen LogP contribution in [0.25, 0.3) is 0 Å². The highest BCUT2D eigenvalue weighted by Gasteiger charge is 2.11. The Morgan fingerprint density at radius 3 is 2.54 bits per heavy atom. The number of hydrogen-bond donors (Lipinski definition) is 2. The predicted octanol–water partition coefficient (Wildman–Crippen LogP) is 0.331. The molecule has 0 bridgehead atoms. The molecule has 0 aliphatic rings. The van der Waals surface area contributed by atoms with Crippen molar-refractivity contribution in [3.8, 4) is 0 Å². The van der Waals surface area contributed by atoms with Crippen LogP contribution in [-0.4, -0.2) is 17.9 Å². The summed E-state index contributed by atoms with van der Waals surface area (Å²) in [6, 6.07) is 0. The van der Waals surface area contributed by atoms with Gasteiger partial charge in [-0.25, -0.2) is 0 Å². The summed E-state index contributed by atoms with van der Waals surface area (Å²) in [6.45, 7) is 5.03. The van der Waals surface area contributed by atoms with Gasteiger partial charge in [0.1, 0.15) is 5.69 Å². The molecule has 0 aliphatic heterocycles. The molecule has 0 atom stereocenters. The highest BCUT2D eigenvalue weighted by Crippen LogP contribution is 2.18. The third-order valence-corrected chi connectivity index (χ3v) is 1.58. The van der Waals surface area contributed by atoms with Crippen LogP contribution in [0.4, 0.5) is 11.5 Å². The van der Waals surface area contributed by atoms with Crippen molar-refractivity contribution in [2.24, 2.45) is 0 Å². The Labute approximate surface area is 76.3 Å². The van der Waals surface area contributed by atoms with Crippen molar-refractivity contribution in [2.75, 3.05) is 23.7 Å². The second kappa shape index (κ2) is 3.88. The highest BCUT2D eigenvalue weighted by molar-refractivity contribution is 5.62. The molecule has 0 saturated carbocycles. The van der Waals surface area contributed by atoms with Gasteiger partial charge in [0.2, 0.25) is 6.20 Å². The van der Waals surface area contributed by atoms with E-state index in [1.807, 2.05) is 13.8 Å². The van der Waals surface area contributed by atoms with E-state index in [0.717, 1.165) is 0 Å². The lowest BCUT2D eigenvalue weighted by Gasteiger charge is -2.10. The zero-order chi connectivity index (χ0) is 9.84. The minimum Gasteiger partial charge on any atom is -0.756 e. The minimum absolute atomic E-state index is 0.246. The molecule has 6 nitrogen and oxygen atoms in total. The van der Waals surface area contributed by atoms with E-state index >= 15 is 0 Å². The van der Waals surface area contributed by atoms with Gasteiger partial charge in [0.15, 0.2) is 5.82 Å². The second-order valence-corrected chi connectivity index (χ2v) is 2.53. The highest BCUT2D eigenvalue weighted by atomic mass is 16.6. The topological polar surface area (TPSA) is 79.0 Å². The fourth-order valence-electron chi connectivity index (χ4n) is 1.08. The molecule has 0 aliphatic carbocycles. The quantitative estimate of drug-likeness (QED) is 0.523. The van der Waals surface area contributed by atoms with Crippen LogP contribution in [0.15, 0.2) is 6.20 Å². The van der Waals surface area contributed by atoms with Crippen LogP contribution in [-0.2, 0) is 0 Å². The maximum atomic E-state index is 11.1. The molecule has 1 rings (SSSR count). The van der Waals surface area contributed by atoms with Crippen LogP contribution in [0.5, 0.6) is 0 Å². The lowest BCUT2D eigenvalue weighted by Crippen LogP contribution is -2.34. The predicted molar refractivity (Wildman–Crippen MR) is 50.5 cm³/mol. The monoisotopic (exact) mass is 185 g/mol. The van der Waals surface area contributed by atoms with Gasteiger partial charge in [-0.1, -0.05) is 4.85 Å². The molecule has 1 aromatic heterocycles. The SMILES string of the molecule is CCNc1c[n+]([O-])n([O-])c1NCC. The van der Waals surface area contributed by atoms with E-state index in [1.54, 1.807) is 0 Å². The van der Waals surface area contributed by atoms with Gasteiger partial charge in [0, 0.05) is 13.1 Å². The van der Waals surface area contributed by atoms with E-state index in [4.69, 9.17) is 0 Å². The number of nitrogens with zero attached hydrogens (tertiary/aromatic N) is 2. The summed E-state index contributed by atoms with van der Waals surface area (Å²) in [7, 11) is 0. The molecule has 74 valence electrons. The van der Waals surface area contributed by atoms with Gasteiger partial charge in [-0.2, -0.15) is 0 Å². The molecule has 1 heterocycles. The van der Waals surface area contributed by atoms with E-state index in [0.29, 0.717) is 18.8 Å². The van der Waals surface area contributed by atoms with Gasteiger partial charge in [-0.05, 0) is 13.8 Å². The first-order chi connectivity index (χ1) is 6.20. The third kappa shape index (κ3) is 1.77. The Bertz CT molecular complexity index is 284. The fourth-order valence-corrected chi connectivity index (χ4v) is 1.08. The number of hydrogen-bond acceptors (Lipinski definition) is 4. The average Bonchev–Trinajstić information content (AvgIpc) is 2.34. The summed E-state index contributed by atoms with van der Waals surface area (Å²) in [4.78, 5) is 0.525. The van der Waals surface area contributed by atoms with Crippen LogP contribution < -0.4 is 15.5 Å². The molecule has 6 heteroatoms.